The third-order valence-electron chi connectivity index (χ3n) is 6.44. The zero-order valence-electron chi connectivity index (χ0n) is 23.0. The van der Waals surface area contributed by atoms with Crippen molar-refractivity contribution >= 4 is 49.0 Å². The molecule has 0 atom stereocenters. The van der Waals surface area contributed by atoms with Crippen LogP contribution in [0.1, 0.15) is 29.2 Å². The molecule has 43 heavy (non-hydrogen) atoms. The molecule has 0 saturated carbocycles. The monoisotopic (exact) mass is 713 g/mol. The molecule has 0 saturated heterocycles. The van der Waals surface area contributed by atoms with Gasteiger partial charge in [0.15, 0.2) is 17.3 Å². The smallest absolute Gasteiger partial charge is 0.416 e. The molecule has 0 amide bonds. The van der Waals surface area contributed by atoms with Crippen LogP contribution >= 0.6 is 31.9 Å². The maximum Gasteiger partial charge on any atom is 0.416 e. The topological polar surface area (TPSA) is 65.7 Å². The van der Waals surface area contributed by atoms with Crippen LogP contribution in [0, 0.1) is 6.92 Å². The van der Waals surface area contributed by atoms with E-state index in [4.69, 9.17) is 9.47 Å². The van der Waals surface area contributed by atoms with Gasteiger partial charge in [0.2, 0.25) is 0 Å². The second-order valence-corrected chi connectivity index (χ2v) is 11.1. The van der Waals surface area contributed by atoms with Crippen molar-refractivity contribution in [3.63, 3.8) is 0 Å². The number of aromatic nitrogens is 2. The molecule has 1 aromatic heterocycles. The first-order valence-electron chi connectivity index (χ1n) is 13.1. The number of alkyl halides is 3. The van der Waals surface area contributed by atoms with Gasteiger partial charge >= 0.3 is 6.18 Å². The Hall–Kier alpha value is -3.96. The molecule has 0 unspecified atom stereocenters. The molecule has 5 aromatic rings. The molecule has 0 bridgehead atoms. The normalized spacial score (nSPS) is 11.8. The summed E-state index contributed by atoms with van der Waals surface area (Å²) in [6.07, 6.45) is -3.16. The first-order chi connectivity index (χ1) is 20.6. The second kappa shape index (κ2) is 12.7. The number of halogens is 5. The Bertz CT molecular complexity index is 1910. The molecule has 0 aliphatic heterocycles. The molecule has 220 valence electrons. The van der Waals surface area contributed by atoms with Gasteiger partial charge in [-0.15, -0.1) is 0 Å². The lowest BCUT2D eigenvalue weighted by molar-refractivity contribution is -0.137. The van der Waals surface area contributed by atoms with Crippen LogP contribution in [0.5, 0.6) is 11.5 Å². The van der Waals surface area contributed by atoms with E-state index < -0.39 is 17.3 Å². The summed E-state index contributed by atoms with van der Waals surface area (Å²) in [5.41, 5.74) is 1.65. The van der Waals surface area contributed by atoms with Crippen molar-refractivity contribution < 1.29 is 22.6 Å². The van der Waals surface area contributed by atoms with E-state index in [-0.39, 0.29) is 16.8 Å². The van der Waals surface area contributed by atoms with E-state index in [0.29, 0.717) is 44.7 Å². The van der Waals surface area contributed by atoms with Gasteiger partial charge in [0.25, 0.3) is 5.56 Å². The maximum atomic E-state index is 13.6. The first-order valence-corrected chi connectivity index (χ1v) is 14.7. The van der Waals surface area contributed by atoms with Crippen molar-refractivity contribution in [3.8, 4) is 22.9 Å². The third-order valence-corrected chi connectivity index (χ3v) is 8.58. The summed E-state index contributed by atoms with van der Waals surface area (Å²) in [4.78, 5) is 18.1. The number of ether oxygens (including phenoxy) is 2. The SMILES string of the molecule is CCOc1cc(C=Nn2c(-c3cccc(C(F)(F)F)c3)nc3ccccc3c2=O)c(Br)c(Br)c1OCc1cccc(C)c1. The van der Waals surface area contributed by atoms with Crippen molar-refractivity contribution in [1.29, 1.82) is 0 Å². The summed E-state index contributed by atoms with van der Waals surface area (Å²) in [6, 6.07) is 20.9. The van der Waals surface area contributed by atoms with Crippen LogP contribution in [0.2, 0.25) is 0 Å². The molecule has 0 aliphatic carbocycles. The molecule has 6 nitrogen and oxygen atoms in total. The lowest BCUT2D eigenvalue weighted by atomic mass is 10.1. The van der Waals surface area contributed by atoms with Crippen LogP contribution in [-0.4, -0.2) is 22.5 Å². The van der Waals surface area contributed by atoms with E-state index in [2.05, 4.69) is 41.9 Å². The zero-order valence-corrected chi connectivity index (χ0v) is 26.1. The number of hydrogen-bond acceptors (Lipinski definition) is 5. The molecule has 0 fully saturated rings. The van der Waals surface area contributed by atoms with Crippen LogP contribution in [0.3, 0.4) is 0 Å². The van der Waals surface area contributed by atoms with Crippen LogP contribution < -0.4 is 15.0 Å². The van der Waals surface area contributed by atoms with Crippen molar-refractivity contribution in [2.45, 2.75) is 26.6 Å². The van der Waals surface area contributed by atoms with E-state index in [1.54, 1.807) is 30.3 Å². The number of benzene rings is 4. The van der Waals surface area contributed by atoms with Crippen molar-refractivity contribution in [2.75, 3.05) is 6.61 Å². The number of para-hydroxylation sites is 1. The minimum Gasteiger partial charge on any atom is -0.490 e. The largest absolute Gasteiger partial charge is 0.490 e. The Morgan fingerprint density at radius 2 is 1.72 bits per heavy atom. The Labute approximate surface area is 262 Å². The van der Waals surface area contributed by atoms with Crippen LogP contribution in [-0.2, 0) is 12.8 Å². The minimum atomic E-state index is -4.57. The average molecular weight is 715 g/mol. The quantitative estimate of drug-likeness (QED) is 0.151. The lowest BCUT2D eigenvalue weighted by Gasteiger charge is -2.17. The van der Waals surface area contributed by atoms with Gasteiger partial charge in [-0.3, -0.25) is 4.79 Å². The molecular weight excluding hydrogens is 691 g/mol. The highest BCUT2D eigenvalue weighted by Crippen LogP contribution is 2.43. The number of nitrogens with zero attached hydrogens (tertiary/aromatic N) is 3. The van der Waals surface area contributed by atoms with Crippen molar-refractivity contribution in [2.24, 2.45) is 5.10 Å². The minimum absolute atomic E-state index is 0.0376. The first kappa shape index (κ1) is 30.5. The van der Waals surface area contributed by atoms with Gasteiger partial charge in [-0.1, -0.05) is 54.1 Å². The number of aryl methyl sites for hydroxylation is 1. The Morgan fingerprint density at radius 3 is 2.47 bits per heavy atom. The summed E-state index contributed by atoms with van der Waals surface area (Å²) in [7, 11) is 0. The fraction of sp³-hybridized carbons (Fsp3) is 0.156. The highest BCUT2D eigenvalue weighted by Gasteiger charge is 2.31. The van der Waals surface area contributed by atoms with Crippen LogP contribution in [0.15, 0.2) is 97.7 Å². The molecule has 4 aromatic carbocycles. The summed E-state index contributed by atoms with van der Waals surface area (Å²) in [5, 5.41) is 4.69. The fourth-order valence-corrected chi connectivity index (χ4v) is 5.36. The average Bonchev–Trinajstić information content (AvgIpc) is 2.98. The molecule has 0 aliphatic rings. The summed E-state index contributed by atoms with van der Waals surface area (Å²) in [5.74, 6) is 0.875. The van der Waals surface area contributed by atoms with E-state index in [9.17, 15) is 18.0 Å². The molecule has 0 N–H and O–H groups in total. The Balaban J connectivity index is 1.60. The van der Waals surface area contributed by atoms with Crippen molar-refractivity contribution in [3.05, 3.63) is 120 Å². The number of fused-ring (bicyclic) bond motifs is 1. The van der Waals surface area contributed by atoms with Gasteiger partial charge in [-0.05, 0) is 81.6 Å². The molecular formula is C32H24Br2F3N3O3. The summed E-state index contributed by atoms with van der Waals surface area (Å²) < 4.78 is 54.7. The Kier molecular flexibility index (Phi) is 9.03. The van der Waals surface area contributed by atoms with Gasteiger partial charge in [-0.2, -0.15) is 22.9 Å². The van der Waals surface area contributed by atoms with E-state index in [1.807, 2.05) is 38.1 Å². The van der Waals surface area contributed by atoms with Crippen LogP contribution in [0.25, 0.3) is 22.3 Å². The van der Waals surface area contributed by atoms with Crippen LogP contribution in [0.4, 0.5) is 13.2 Å². The Morgan fingerprint density at radius 1 is 0.953 bits per heavy atom. The van der Waals surface area contributed by atoms with Gasteiger partial charge in [0, 0.05) is 15.6 Å². The summed E-state index contributed by atoms with van der Waals surface area (Å²) in [6.45, 7) is 4.51. The van der Waals surface area contributed by atoms with E-state index >= 15 is 0 Å². The van der Waals surface area contributed by atoms with Gasteiger partial charge in [0.1, 0.15) is 6.61 Å². The highest BCUT2D eigenvalue weighted by atomic mass is 79.9. The maximum absolute atomic E-state index is 13.6. The number of hydrogen-bond donors (Lipinski definition) is 0. The third kappa shape index (κ3) is 6.67. The fourth-order valence-electron chi connectivity index (χ4n) is 4.43. The standard InChI is InChI=1S/C32H24Br2F3N3O3/c1-3-42-26-16-22(27(33)28(34)29(26)43-18-20-9-6-8-19(2)14-20)17-38-40-30(21-10-7-11-23(15-21)32(35,36)37)39-25-13-5-4-12-24(25)31(40)41/h4-17H,3,18H2,1-2H3. The predicted octanol–water partition coefficient (Wildman–Crippen LogP) is 8.78. The van der Waals surface area contributed by atoms with Gasteiger partial charge in [0.05, 0.1) is 33.8 Å². The molecule has 0 spiro atoms. The predicted molar refractivity (Wildman–Crippen MR) is 168 cm³/mol. The second-order valence-electron chi connectivity index (χ2n) is 9.52. The number of rotatable bonds is 8. The molecule has 5 rings (SSSR count). The highest BCUT2D eigenvalue weighted by molar-refractivity contribution is 9.13. The lowest BCUT2D eigenvalue weighted by Crippen LogP contribution is -2.20. The van der Waals surface area contributed by atoms with Crippen molar-refractivity contribution in [1.82, 2.24) is 9.66 Å². The summed E-state index contributed by atoms with van der Waals surface area (Å²) >= 11 is 7.17. The van der Waals surface area contributed by atoms with Gasteiger partial charge in [-0.25, -0.2) is 4.98 Å². The van der Waals surface area contributed by atoms with E-state index in [0.717, 1.165) is 27.9 Å². The molecule has 0 radical (unpaired) electrons. The molecule has 1 heterocycles. The molecule has 11 heteroatoms. The van der Waals surface area contributed by atoms with E-state index in [1.165, 1.54) is 18.3 Å². The zero-order chi connectivity index (χ0) is 30.7. The van der Waals surface area contributed by atoms with Gasteiger partial charge < -0.3 is 9.47 Å².